The Kier molecular flexibility index (Phi) is 12.2. The third-order valence-electron chi connectivity index (χ3n) is 14.6. The van der Waals surface area contributed by atoms with Gasteiger partial charge in [0.15, 0.2) is 10.8 Å². The number of aryl methyl sites for hydroxylation is 1. The molecule has 4 aliphatic rings. The Morgan fingerprint density at radius 2 is 1.72 bits per heavy atom. The highest BCUT2D eigenvalue weighted by molar-refractivity contribution is 7.22. The average Bonchev–Trinajstić information content (AvgIpc) is 4.10. The van der Waals surface area contributed by atoms with E-state index >= 15 is 0 Å². The van der Waals surface area contributed by atoms with Gasteiger partial charge in [-0.2, -0.15) is 5.10 Å². The van der Waals surface area contributed by atoms with Crippen LogP contribution in [0.2, 0.25) is 0 Å². The molecule has 69 heavy (non-hydrogen) atoms. The molecule has 3 saturated heterocycles. The fourth-order valence-corrected chi connectivity index (χ4v) is 11.7. The number of aromatic carboxylic acids is 1. The van der Waals surface area contributed by atoms with Gasteiger partial charge in [0.1, 0.15) is 24.4 Å². The molecule has 7 aromatic rings. The molecule has 3 unspecified atom stereocenters. The van der Waals surface area contributed by atoms with E-state index in [1.165, 1.54) is 22.6 Å². The van der Waals surface area contributed by atoms with Crippen molar-refractivity contribution in [1.82, 2.24) is 30.0 Å². The second kappa shape index (κ2) is 18.9. The number of thiazole rings is 1. The van der Waals surface area contributed by atoms with Gasteiger partial charge in [-0.05, 0) is 141 Å². The van der Waals surface area contributed by atoms with Gasteiger partial charge < -0.3 is 35.0 Å². The molecule has 0 bridgehead atoms. The number of nitrogens with one attached hydrogen (secondary N) is 2. The summed E-state index contributed by atoms with van der Waals surface area (Å²) >= 11 is 1.43. The molecule has 3 aromatic heterocycles. The van der Waals surface area contributed by atoms with Gasteiger partial charge in [-0.3, -0.25) is 19.6 Å². The van der Waals surface area contributed by atoms with Crippen molar-refractivity contribution < 1.29 is 29.3 Å². The molecular weight excluding hydrogens is 891 g/mol. The summed E-state index contributed by atoms with van der Waals surface area (Å²) in [5, 5.41) is 32.1. The molecule has 16 heteroatoms. The SMILES string of the molecule is Cn1nc(C2CCC(O)NC2=O)c2ccc(N3CCC(CN4CCC(c5ccc(OCc6ccc(N7CCc8cccc(C(=O)Nc9nc%10ccccc%10s9)c8C7)nc6C(=O)O)cc5)CC4)C3)cc21. The van der Waals surface area contributed by atoms with E-state index < -0.39 is 12.2 Å². The summed E-state index contributed by atoms with van der Waals surface area (Å²) in [5.74, 6) is 0.404. The van der Waals surface area contributed by atoms with Crippen molar-refractivity contribution in [1.29, 1.82) is 0 Å². The number of carbonyl (C=O) groups excluding carboxylic acids is 2. The third-order valence-corrected chi connectivity index (χ3v) is 15.5. The van der Waals surface area contributed by atoms with Crippen molar-refractivity contribution in [3.8, 4) is 5.75 Å². The van der Waals surface area contributed by atoms with E-state index in [0.717, 1.165) is 89.9 Å². The number of anilines is 3. The number of amides is 2. The fraction of sp³-hybridized carbons (Fsp3) is 0.358. The maximum absolute atomic E-state index is 13.6. The van der Waals surface area contributed by atoms with E-state index in [4.69, 9.17) is 9.84 Å². The molecule has 0 radical (unpaired) electrons. The van der Waals surface area contributed by atoms with Crippen LogP contribution in [0.15, 0.2) is 97.1 Å². The van der Waals surface area contributed by atoms with Gasteiger partial charge in [0.2, 0.25) is 5.91 Å². The number of hydrogen-bond acceptors (Lipinski definition) is 12. The first-order chi connectivity index (χ1) is 33.6. The number of aromatic nitrogens is 4. The summed E-state index contributed by atoms with van der Waals surface area (Å²) in [5.41, 5.74) is 8.09. The zero-order valence-corrected chi connectivity index (χ0v) is 39.3. The number of carboxylic acid groups (broad SMARTS) is 1. The summed E-state index contributed by atoms with van der Waals surface area (Å²) < 4.78 is 9.03. The molecule has 2 amide bonds. The average molecular weight is 946 g/mol. The number of nitrogens with zero attached hydrogens (tertiary/aromatic N) is 7. The lowest BCUT2D eigenvalue weighted by Gasteiger charge is -2.33. The molecule has 3 fully saturated rings. The van der Waals surface area contributed by atoms with E-state index in [-0.39, 0.29) is 30.0 Å². The Balaban J connectivity index is 0.663. The minimum atomic E-state index is -1.12. The molecule has 11 rings (SSSR count). The first-order valence-corrected chi connectivity index (χ1v) is 24.8. The standard InChI is InChI=1S/C53H55N9O6S/c1-59-44-27-37(12-15-40(44)49(58-59)41-16-18-47(63)56-51(41)65)61-25-19-32(29-61)28-60-23-20-34(21-24-60)33-9-13-38(14-10-33)68-31-36-11-17-46(55-48(36)52(66)67)62-26-22-35-5-4-6-39(42(35)30-62)50(64)57-53-54-43-7-2-3-8-45(43)69-53/h2-15,17,27,32,34,41,47,63H,16,18-26,28-31H2,1H3,(H,56,65)(H,66,67)(H,54,57,64). The zero-order valence-electron chi connectivity index (χ0n) is 38.5. The maximum atomic E-state index is 13.6. The van der Waals surface area contributed by atoms with Crippen LogP contribution in [0.4, 0.5) is 16.6 Å². The summed E-state index contributed by atoms with van der Waals surface area (Å²) in [7, 11) is 1.93. The number of aliphatic hydroxyl groups is 1. The number of fused-ring (bicyclic) bond motifs is 3. The van der Waals surface area contributed by atoms with Crippen LogP contribution < -0.4 is 25.2 Å². The first-order valence-electron chi connectivity index (χ1n) is 24.0. The van der Waals surface area contributed by atoms with E-state index in [0.29, 0.717) is 72.0 Å². The summed E-state index contributed by atoms with van der Waals surface area (Å²) in [4.78, 5) is 55.1. The highest BCUT2D eigenvalue weighted by Crippen LogP contribution is 2.36. The number of carbonyl (C=O) groups is 3. The molecule has 4 aromatic carbocycles. The molecule has 3 atom stereocenters. The van der Waals surface area contributed by atoms with Crippen molar-refractivity contribution in [2.75, 3.05) is 54.4 Å². The maximum Gasteiger partial charge on any atom is 0.354 e. The smallest absolute Gasteiger partial charge is 0.354 e. The quantitative estimate of drug-likeness (QED) is 0.0941. The van der Waals surface area contributed by atoms with Crippen LogP contribution in [-0.4, -0.2) is 98.1 Å². The summed E-state index contributed by atoms with van der Waals surface area (Å²) in [6.45, 7) is 6.34. The topological polar surface area (TPSA) is 178 Å². The number of ether oxygens (including phenoxy) is 1. The fourth-order valence-electron chi connectivity index (χ4n) is 10.8. The number of rotatable bonds is 12. The van der Waals surface area contributed by atoms with Crippen molar-refractivity contribution >= 4 is 66.9 Å². The second-order valence-electron chi connectivity index (χ2n) is 18.9. The van der Waals surface area contributed by atoms with Crippen LogP contribution in [-0.2, 0) is 31.4 Å². The molecule has 0 aliphatic carbocycles. The van der Waals surface area contributed by atoms with E-state index in [2.05, 4.69) is 60.7 Å². The molecule has 7 heterocycles. The number of carboxylic acids is 1. The third kappa shape index (κ3) is 9.23. The van der Waals surface area contributed by atoms with Gasteiger partial charge >= 0.3 is 5.97 Å². The van der Waals surface area contributed by atoms with Gasteiger partial charge in [-0.25, -0.2) is 14.8 Å². The summed E-state index contributed by atoms with van der Waals surface area (Å²) in [6.07, 6.45) is 4.35. The molecule has 4 N–H and O–H groups in total. The van der Waals surface area contributed by atoms with Crippen molar-refractivity contribution in [2.24, 2.45) is 13.0 Å². The Bertz CT molecular complexity index is 3040. The lowest BCUT2D eigenvalue weighted by molar-refractivity contribution is -0.128. The molecule has 4 aliphatic heterocycles. The molecule has 0 spiro atoms. The number of hydrogen-bond donors (Lipinski definition) is 4. The minimum Gasteiger partial charge on any atom is -0.489 e. The largest absolute Gasteiger partial charge is 0.489 e. The van der Waals surface area contributed by atoms with Crippen molar-refractivity contribution in [2.45, 2.75) is 69.7 Å². The molecule has 15 nitrogen and oxygen atoms in total. The number of benzene rings is 4. The Morgan fingerprint density at radius 1 is 0.884 bits per heavy atom. The van der Waals surface area contributed by atoms with Gasteiger partial charge in [0, 0.05) is 62.0 Å². The summed E-state index contributed by atoms with van der Waals surface area (Å²) in [6, 6.07) is 31.9. The molecule has 0 saturated carbocycles. The van der Waals surface area contributed by atoms with E-state index in [9.17, 15) is 24.6 Å². The van der Waals surface area contributed by atoms with E-state index in [1.807, 2.05) is 77.3 Å². The van der Waals surface area contributed by atoms with Crippen LogP contribution in [0.1, 0.15) is 92.7 Å². The normalized spacial score (nSPS) is 20.0. The Hall–Kier alpha value is -6.88. The predicted octanol–water partition coefficient (Wildman–Crippen LogP) is 7.69. The van der Waals surface area contributed by atoms with Gasteiger partial charge in [0.05, 0.1) is 27.3 Å². The van der Waals surface area contributed by atoms with Crippen LogP contribution in [0.3, 0.4) is 0 Å². The minimum absolute atomic E-state index is 0.0516. The van der Waals surface area contributed by atoms with Gasteiger partial charge in [0.25, 0.3) is 5.91 Å². The van der Waals surface area contributed by atoms with Gasteiger partial charge in [-0.15, -0.1) is 0 Å². The monoisotopic (exact) mass is 945 g/mol. The lowest BCUT2D eigenvalue weighted by atomic mass is 9.89. The van der Waals surface area contributed by atoms with Crippen LogP contribution in [0.25, 0.3) is 21.1 Å². The zero-order chi connectivity index (χ0) is 47.2. The number of piperidine rings is 2. The Morgan fingerprint density at radius 3 is 2.54 bits per heavy atom. The van der Waals surface area contributed by atoms with Crippen molar-refractivity contribution in [3.05, 3.63) is 136 Å². The molecular formula is C53H55N9O6S. The Labute approximate surface area is 403 Å². The van der Waals surface area contributed by atoms with Crippen LogP contribution in [0, 0.1) is 5.92 Å². The molecule has 354 valence electrons. The lowest BCUT2D eigenvalue weighted by Crippen LogP contribution is -2.42. The first kappa shape index (κ1) is 44.6. The van der Waals surface area contributed by atoms with E-state index in [1.54, 1.807) is 6.07 Å². The number of aliphatic hydroxyl groups excluding tert-OH is 1. The number of para-hydroxylation sites is 1. The van der Waals surface area contributed by atoms with Gasteiger partial charge in [-0.1, -0.05) is 47.7 Å². The predicted molar refractivity (Wildman–Crippen MR) is 266 cm³/mol. The number of likely N-dealkylation sites (tertiary alicyclic amines) is 1. The van der Waals surface area contributed by atoms with Crippen LogP contribution >= 0.6 is 11.3 Å². The van der Waals surface area contributed by atoms with Crippen LogP contribution in [0.5, 0.6) is 5.75 Å². The second-order valence-corrected chi connectivity index (χ2v) is 20.0. The van der Waals surface area contributed by atoms with Crippen molar-refractivity contribution in [3.63, 3.8) is 0 Å². The highest BCUT2D eigenvalue weighted by atomic mass is 32.1. The highest BCUT2D eigenvalue weighted by Gasteiger charge is 2.33. The number of pyridine rings is 1.